The molecule has 0 aliphatic rings. The molecule has 4 heteroatoms. The van der Waals surface area contributed by atoms with Crippen LogP contribution in [0.25, 0.3) is 0 Å². The largest absolute Gasteiger partial charge is 0.286 e. The van der Waals surface area contributed by atoms with Crippen LogP contribution in [0.4, 0.5) is 0 Å². The molecular weight excluding hydrogens is 94.1 g/mol. The van der Waals surface area contributed by atoms with E-state index in [-0.39, 0.29) is 0 Å². The lowest BCUT2D eigenvalue weighted by Gasteiger charge is -1.49. The third-order valence-electron chi connectivity index (χ3n) is 0.406. The maximum Gasteiger partial charge on any atom is 0.120 e. The van der Waals surface area contributed by atoms with Gasteiger partial charge in [-0.1, -0.05) is 0 Å². The third-order valence-corrected chi connectivity index (χ3v) is 0.406. The van der Waals surface area contributed by atoms with Gasteiger partial charge in [0, 0.05) is 12.4 Å². The lowest BCUT2D eigenvalue weighted by molar-refractivity contribution is 1.09. The average Bonchev–Trinajstić information content (AvgIpc) is 2.23. The normalized spacial score (nSPS) is 6.29. The summed E-state index contributed by atoms with van der Waals surface area (Å²) in [5.74, 6) is 0. The Bertz CT molecular complexity index is 77.1. The van der Waals surface area contributed by atoms with Crippen molar-refractivity contribution in [3.63, 3.8) is 0 Å². The molecule has 0 aliphatic heterocycles. The molecule has 7 heavy (non-hydrogen) atoms. The second kappa shape index (κ2) is 4.81. The Morgan fingerprint density at radius 1 is 1.57 bits per heavy atom. The number of H-pyrrole nitrogens is 1. The molecule has 4 nitrogen and oxygen atoms in total. The first-order valence-electron chi connectivity index (χ1n) is 1.62. The summed E-state index contributed by atoms with van der Waals surface area (Å²) in [6, 6.07) is 1.83. The monoisotopic (exact) mass is 98.0 g/mol. The number of rotatable bonds is 0. The zero-order valence-electron chi connectivity index (χ0n) is 3.53. The summed E-state index contributed by atoms with van der Waals surface area (Å²) in [5, 5.41) is 6.21. The van der Waals surface area contributed by atoms with E-state index >= 15 is 0 Å². The first-order chi connectivity index (χ1) is 3.50. The molecule has 0 fully saturated rings. The highest BCUT2D eigenvalue weighted by Crippen LogP contribution is 1.64. The standard InChI is InChI=1S/C3H4N2.NO/c1-2-4-5-3-1;1-2/h1-3H,(H,4,5);. The van der Waals surface area contributed by atoms with Crippen LogP contribution < -0.4 is 5.59 Å². The van der Waals surface area contributed by atoms with E-state index in [1.54, 1.807) is 12.4 Å². The fourth-order valence-corrected chi connectivity index (χ4v) is 0.215. The number of hydrogen-bond acceptors (Lipinski definition) is 2. The number of hydrogen-bond donors (Lipinski definition) is 1. The molecule has 0 unspecified atom stereocenters. The second-order valence-corrected chi connectivity index (χ2v) is 0.766. The van der Waals surface area contributed by atoms with Crippen molar-refractivity contribution in [2.75, 3.05) is 0 Å². The molecule has 1 heterocycles. The minimum atomic E-state index is 1.69. The van der Waals surface area contributed by atoms with Gasteiger partial charge in [0.05, 0.1) is 0 Å². The molecule has 37 valence electrons. The molecule has 1 rings (SSSR count). The van der Waals surface area contributed by atoms with Gasteiger partial charge in [-0.05, 0) is 6.07 Å². The number of nitroso groups, excluding NO2 is 1. The topological polar surface area (TPSA) is 68.1 Å². The summed E-state index contributed by atoms with van der Waals surface area (Å²) < 4.78 is 0. The van der Waals surface area contributed by atoms with Crippen LogP contribution in [0.2, 0.25) is 0 Å². The number of nitrogens with one attached hydrogen (secondary N) is 1. The highest BCUT2D eigenvalue weighted by molar-refractivity contribution is 4.72. The Hall–Kier alpha value is -1.19. The van der Waals surface area contributed by atoms with Crippen molar-refractivity contribution in [2.45, 2.75) is 0 Å². The second-order valence-electron chi connectivity index (χ2n) is 0.766. The van der Waals surface area contributed by atoms with E-state index in [0.29, 0.717) is 0 Å². The van der Waals surface area contributed by atoms with Gasteiger partial charge in [-0.2, -0.15) is 5.10 Å². The van der Waals surface area contributed by atoms with Crippen molar-refractivity contribution in [2.24, 2.45) is 0 Å². The van der Waals surface area contributed by atoms with Crippen LogP contribution in [0.3, 0.4) is 0 Å². The minimum Gasteiger partial charge on any atom is -0.286 e. The highest BCUT2D eigenvalue weighted by Gasteiger charge is 1.56. The molecule has 0 amide bonds. The first kappa shape index (κ1) is 5.81. The molecule has 1 radical (unpaired) electrons. The summed E-state index contributed by atoms with van der Waals surface area (Å²) >= 11 is 0. The average molecular weight is 98.1 g/mol. The quantitative estimate of drug-likeness (QED) is 0.494. The Morgan fingerprint density at radius 3 is 2.43 bits per heavy atom. The van der Waals surface area contributed by atoms with Crippen molar-refractivity contribution in [1.82, 2.24) is 15.8 Å². The first-order valence-corrected chi connectivity index (χ1v) is 1.62. The Morgan fingerprint density at radius 2 is 2.29 bits per heavy atom. The summed E-state index contributed by atoms with van der Waals surface area (Å²) in [6.45, 7) is 0. The molecule has 0 aromatic carbocycles. The molecule has 0 saturated carbocycles. The van der Waals surface area contributed by atoms with Gasteiger partial charge in [0.25, 0.3) is 0 Å². The van der Waals surface area contributed by atoms with Crippen molar-refractivity contribution in [3.8, 4) is 0 Å². The van der Waals surface area contributed by atoms with E-state index in [0.717, 1.165) is 0 Å². The zero-order chi connectivity index (χ0) is 5.54. The molecule has 0 saturated heterocycles. The predicted molar refractivity (Wildman–Crippen MR) is 24.1 cm³/mol. The molecule has 1 aromatic rings. The lowest BCUT2D eigenvalue weighted by atomic mass is 10.8. The van der Waals surface area contributed by atoms with Crippen molar-refractivity contribution in [3.05, 3.63) is 23.4 Å². The summed E-state index contributed by atoms with van der Waals surface area (Å²) in [6.07, 6.45) is 3.46. The molecule has 0 atom stereocenters. The van der Waals surface area contributed by atoms with Crippen LogP contribution in [0.15, 0.2) is 18.5 Å². The van der Waals surface area contributed by atoms with E-state index in [2.05, 4.69) is 10.2 Å². The van der Waals surface area contributed by atoms with E-state index in [4.69, 9.17) is 10.5 Å². The third kappa shape index (κ3) is 2.62. The Balaban J connectivity index is 0.000000162. The van der Waals surface area contributed by atoms with Crippen LogP contribution in [0.5, 0.6) is 0 Å². The molecule has 0 spiro atoms. The van der Waals surface area contributed by atoms with Crippen molar-refractivity contribution < 1.29 is 0 Å². The Kier molecular flexibility index (Phi) is 3.99. The van der Waals surface area contributed by atoms with Crippen LogP contribution in [-0.2, 0) is 0 Å². The van der Waals surface area contributed by atoms with Gasteiger partial charge >= 0.3 is 0 Å². The predicted octanol–water partition coefficient (Wildman–Crippen LogP) is -0.0374. The maximum absolute atomic E-state index is 7.25. The van der Waals surface area contributed by atoms with Crippen molar-refractivity contribution in [1.29, 1.82) is 0 Å². The van der Waals surface area contributed by atoms with Crippen molar-refractivity contribution >= 4 is 0 Å². The van der Waals surface area contributed by atoms with Gasteiger partial charge in [-0.15, -0.1) is 4.91 Å². The minimum absolute atomic E-state index is 1.69. The van der Waals surface area contributed by atoms with Gasteiger partial charge < -0.3 is 0 Å². The fourth-order valence-electron chi connectivity index (χ4n) is 0.215. The van der Waals surface area contributed by atoms with E-state index in [9.17, 15) is 0 Å². The van der Waals surface area contributed by atoms with Crippen LogP contribution in [0, 0.1) is 4.91 Å². The SMILES string of the molecule is [N]=O.c1cn[nH]c1. The lowest BCUT2D eigenvalue weighted by Crippen LogP contribution is -1.53. The van der Waals surface area contributed by atoms with Gasteiger partial charge in [0.1, 0.15) is 5.59 Å². The number of aromatic amines is 1. The summed E-state index contributed by atoms with van der Waals surface area (Å²) in [4.78, 5) is 7.25. The number of aromatic nitrogens is 2. The summed E-state index contributed by atoms with van der Waals surface area (Å²) in [7, 11) is 0. The van der Waals surface area contributed by atoms with E-state index in [1.165, 1.54) is 0 Å². The van der Waals surface area contributed by atoms with Gasteiger partial charge in [0.2, 0.25) is 0 Å². The number of nitrogens with zero attached hydrogens (tertiary/aromatic N) is 2. The molecule has 0 bridgehead atoms. The summed E-state index contributed by atoms with van der Waals surface area (Å²) in [5.41, 5.74) is 5.75. The molecular formula is C3H4N3O. The van der Waals surface area contributed by atoms with E-state index in [1.807, 2.05) is 6.07 Å². The Labute approximate surface area is 40.3 Å². The smallest absolute Gasteiger partial charge is 0.120 e. The maximum atomic E-state index is 7.25. The fraction of sp³-hybridized carbons (Fsp3) is 0. The molecule has 0 aliphatic carbocycles. The van der Waals surface area contributed by atoms with Gasteiger partial charge in [-0.3, -0.25) is 5.10 Å². The molecule has 1 N–H and O–H groups in total. The van der Waals surface area contributed by atoms with Gasteiger partial charge in [0.15, 0.2) is 0 Å². The molecule has 1 aromatic heterocycles. The van der Waals surface area contributed by atoms with Crippen LogP contribution in [0.1, 0.15) is 0 Å². The van der Waals surface area contributed by atoms with Crippen LogP contribution >= 0.6 is 0 Å². The van der Waals surface area contributed by atoms with Gasteiger partial charge in [-0.25, -0.2) is 0 Å². The zero-order valence-corrected chi connectivity index (χ0v) is 3.53. The van der Waals surface area contributed by atoms with Crippen LogP contribution in [-0.4, -0.2) is 10.2 Å². The van der Waals surface area contributed by atoms with E-state index < -0.39 is 0 Å². The highest BCUT2D eigenvalue weighted by atomic mass is 16.2.